The van der Waals surface area contributed by atoms with Gasteiger partial charge in [-0.3, -0.25) is 0 Å². The molecule has 0 spiro atoms. The molecule has 1 fully saturated rings. The monoisotopic (exact) mass is 261 g/mol. The maximum absolute atomic E-state index is 10.4. The number of hydrogen-bond donors (Lipinski definition) is 1. The first-order valence-corrected chi connectivity index (χ1v) is 7.61. The van der Waals surface area contributed by atoms with Gasteiger partial charge in [-0.2, -0.15) is 0 Å². The minimum absolute atomic E-state index is 0.273. The zero-order valence-electron chi connectivity index (χ0n) is 12.3. The van der Waals surface area contributed by atoms with Crippen LogP contribution in [0.5, 0.6) is 0 Å². The van der Waals surface area contributed by atoms with Crippen molar-refractivity contribution in [2.45, 2.75) is 51.2 Å². The van der Waals surface area contributed by atoms with E-state index in [-0.39, 0.29) is 12.0 Å². The Bertz CT molecular complexity index is 359. The van der Waals surface area contributed by atoms with Crippen LogP contribution >= 0.6 is 0 Å². The molecular weight excluding hydrogens is 234 g/mol. The number of rotatable bonds is 5. The summed E-state index contributed by atoms with van der Waals surface area (Å²) >= 11 is 0. The average molecular weight is 261 g/mol. The Morgan fingerprint density at radius 1 is 1.16 bits per heavy atom. The molecule has 1 aliphatic rings. The molecule has 0 saturated heterocycles. The van der Waals surface area contributed by atoms with Crippen molar-refractivity contribution in [2.24, 2.45) is 5.92 Å². The van der Waals surface area contributed by atoms with Crippen LogP contribution in [0.25, 0.3) is 0 Å². The highest BCUT2D eigenvalue weighted by atomic mass is 16.3. The lowest BCUT2D eigenvalue weighted by Crippen LogP contribution is -2.37. The second-order valence-electron chi connectivity index (χ2n) is 6.06. The van der Waals surface area contributed by atoms with Crippen molar-refractivity contribution in [1.29, 1.82) is 0 Å². The van der Waals surface area contributed by atoms with E-state index < -0.39 is 0 Å². The maximum atomic E-state index is 10.4. The smallest absolute Gasteiger partial charge is 0.0827 e. The van der Waals surface area contributed by atoms with Gasteiger partial charge in [-0.1, -0.05) is 56.5 Å². The molecule has 1 aromatic carbocycles. The van der Waals surface area contributed by atoms with E-state index in [4.69, 9.17) is 0 Å². The third-order valence-electron chi connectivity index (χ3n) is 4.45. The predicted molar refractivity (Wildman–Crippen MR) is 80.1 cm³/mol. The van der Waals surface area contributed by atoms with Gasteiger partial charge in [0.2, 0.25) is 0 Å². The second kappa shape index (κ2) is 7.06. The topological polar surface area (TPSA) is 23.5 Å². The lowest BCUT2D eigenvalue weighted by atomic mass is 9.92. The fraction of sp³-hybridized carbons (Fsp3) is 0.647. The van der Waals surface area contributed by atoms with Crippen molar-refractivity contribution >= 4 is 0 Å². The van der Waals surface area contributed by atoms with Gasteiger partial charge in [0.05, 0.1) is 6.10 Å². The van der Waals surface area contributed by atoms with E-state index in [1.54, 1.807) is 0 Å². The average Bonchev–Trinajstić information content (AvgIpc) is 2.48. The molecule has 1 saturated carbocycles. The highest BCUT2D eigenvalue weighted by Crippen LogP contribution is 2.26. The molecule has 0 heterocycles. The molecule has 1 aliphatic carbocycles. The lowest BCUT2D eigenvalue weighted by Gasteiger charge is -2.34. The third-order valence-corrected chi connectivity index (χ3v) is 4.45. The first kappa shape index (κ1) is 14.5. The van der Waals surface area contributed by atoms with Crippen LogP contribution in [0.3, 0.4) is 0 Å². The summed E-state index contributed by atoms with van der Waals surface area (Å²) in [5, 5.41) is 10.4. The van der Waals surface area contributed by atoms with Crippen LogP contribution in [0, 0.1) is 5.92 Å². The summed E-state index contributed by atoms with van der Waals surface area (Å²) in [5.41, 5.74) is 1.03. The highest BCUT2D eigenvalue weighted by molar-refractivity contribution is 5.17. The summed E-state index contributed by atoms with van der Waals surface area (Å²) < 4.78 is 0. The minimum Gasteiger partial charge on any atom is -0.388 e. The van der Waals surface area contributed by atoms with E-state index in [1.165, 1.54) is 32.1 Å². The number of aliphatic hydroxyl groups excluding tert-OH is 1. The summed E-state index contributed by atoms with van der Waals surface area (Å²) in [6, 6.07) is 10.7. The Labute approximate surface area is 117 Å². The summed E-state index contributed by atoms with van der Waals surface area (Å²) in [4.78, 5) is 2.45. The summed E-state index contributed by atoms with van der Waals surface area (Å²) in [6.45, 7) is 3.12. The molecule has 2 atom stereocenters. The van der Waals surface area contributed by atoms with Gasteiger partial charge in [0.25, 0.3) is 0 Å². The van der Waals surface area contributed by atoms with E-state index in [1.807, 2.05) is 30.3 Å². The quantitative estimate of drug-likeness (QED) is 0.875. The van der Waals surface area contributed by atoms with E-state index in [2.05, 4.69) is 18.9 Å². The minimum atomic E-state index is -0.354. The largest absolute Gasteiger partial charge is 0.388 e. The van der Waals surface area contributed by atoms with Gasteiger partial charge in [0, 0.05) is 12.6 Å². The van der Waals surface area contributed by atoms with Crippen LogP contribution in [0.2, 0.25) is 0 Å². The van der Waals surface area contributed by atoms with E-state index in [9.17, 15) is 5.11 Å². The molecule has 2 nitrogen and oxygen atoms in total. The molecule has 106 valence electrons. The highest BCUT2D eigenvalue weighted by Gasteiger charge is 2.23. The van der Waals surface area contributed by atoms with Gasteiger partial charge in [0.1, 0.15) is 0 Å². The molecule has 2 rings (SSSR count). The summed E-state index contributed by atoms with van der Waals surface area (Å²) in [5.74, 6) is 0.273. The van der Waals surface area contributed by atoms with Crippen LogP contribution in [0.4, 0.5) is 0 Å². The van der Waals surface area contributed by atoms with Crippen LogP contribution < -0.4 is 0 Å². The first-order chi connectivity index (χ1) is 9.18. The second-order valence-corrected chi connectivity index (χ2v) is 6.06. The standard InChI is InChI=1S/C17H27NO/c1-14(17(19)15-9-5-3-6-10-15)13-18(2)16-11-7-4-8-12-16/h3,5-6,9-10,14,16-17,19H,4,7-8,11-13H2,1-2H3. The lowest BCUT2D eigenvalue weighted by molar-refractivity contribution is 0.0764. The fourth-order valence-electron chi connectivity index (χ4n) is 3.20. The van der Waals surface area contributed by atoms with Crippen LogP contribution in [-0.2, 0) is 0 Å². The molecule has 0 amide bonds. The van der Waals surface area contributed by atoms with Crippen LogP contribution in [0.1, 0.15) is 50.7 Å². The molecule has 19 heavy (non-hydrogen) atoms. The van der Waals surface area contributed by atoms with Crippen molar-refractivity contribution < 1.29 is 5.11 Å². The van der Waals surface area contributed by atoms with Gasteiger partial charge in [-0.25, -0.2) is 0 Å². The third kappa shape index (κ3) is 4.05. The first-order valence-electron chi connectivity index (χ1n) is 7.61. The SMILES string of the molecule is CC(CN(C)C1CCCCC1)C(O)c1ccccc1. The van der Waals surface area contributed by atoms with Crippen LogP contribution in [-0.4, -0.2) is 29.6 Å². The van der Waals surface area contributed by atoms with Crippen molar-refractivity contribution in [3.8, 4) is 0 Å². The fourth-order valence-corrected chi connectivity index (χ4v) is 3.20. The number of hydrogen-bond acceptors (Lipinski definition) is 2. The van der Waals surface area contributed by atoms with Crippen molar-refractivity contribution in [2.75, 3.05) is 13.6 Å². The predicted octanol–water partition coefficient (Wildman–Crippen LogP) is 3.62. The molecule has 2 unspecified atom stereocenters. The Hall–Kier alpha value is -0.860. The van der Waals surface area contributed by atoms with Gasteiger partial charge in [-0.05, 0) is 31.4 Å². The molecule has 0 aromatic heterocycles. The van der Waals surface area contributed by atoms with Gasteiger partial charge >= 0.3 is 0 Å². The zero-order chi connectivity index (χ0) is 13.7. The molecule has 1 N–H and O–H groups in total. The maximum Gasteiger partial charge on any atom is 0.0827 e. The van der Waals surface area contributed by atoms with Gasteiger partial charge in [0.15, 0.2) is 0 Å². The Kier molecular flexibility index (Phi) is 5.41. The molecule has 0 radical (unpaired) electrons. The number of aliphatic hydroxyl groups is 1. The summed E-state index contributed by atoms with van der Waals surface area (Å²) in [6.07, 6.45) is 6.42. The number of nitrogens with zero attached hydrogens (tertiary/aromatic N) is 1. The normalized spacial score (nSPS) is 20.4. The van der Waals surface area contributed by atoms with Crippen molar-refractivity contribution in [3.63, 3.8) is 0 Å². The van der Waals surface area contributed by atoms with Crippen LogP contribution in [0.15, 0.2) is 30.3 Å². The number of benzene rings is 1. The zero-order valence-corrected chi connectivity index (χ0v) is 12.3. The van der Waals surface area contributed by atoms with E-state index >= 15 is 0 Å². The van der Waals surface area contributed by atoms with Crippen molar-refractivity contribution in [1.82, 2.24) is 4.90 Å². The molecule has 1 aromatic rings. The van der Waals surface area contributed by atoms with Gasteiger partial charge < -0.3 is 10.0 Å². The Balaban J connectivity index is 1.87. The van der Waals surface area contributed by atoms with Crippen molar-refractivity contribution in [3.05, 3.63) is 35.9 Å². The molecule has 2 heteroatoms. The van der Waals surface area contributed by atoms with Gasteiger partial charge in [-0.15, -0.1) is 0 Å². The molecular formula is C17H27NO. The van der Waals surface area contributed by atoms with E-state index in [0.717, 1.165) is 18.2 Å². The molecule has 0 aliphatic heterocycles. The Morgan fingerprint density at radius 3 is 2.42 bits per heavy atom. The summed E-state index contributed by atoms with van der Waals surface area (Å²) in [7, 11) is 2.21. The molecule has 0 bridgehead atoms. The van der Waals surface area contributed by atoms with E-state index in [0.29, 0.717) is 0 Å². The Morgan fingerprint density at radius 2 is 1.79 bits per heavy atom.